The molecular weight excluding hydrogens is 244 g/mol. The van der Waals surface area contributed by atoms with Crippen molar-refractivity contribution in [3.05, 3.63) is 35.9 Å². The van der Waals surface area contributed by atoms with Crippen molar-refractivity contribution in [2.24, 2.45) is 5.73 Å². The summed E-state index contributed by atoms with van der Waals surface area (Å²) >= 11 is 0. The second-order valence-electron chi connectivity index (χ2n) is 4.76. The van der Waals surface area contributed by atoms with Crippen molar-refractivity contribution in [2.45, 2.75) is 18.3 Å². The molecule has 0 aromatic heterocycles. The van der Waals surface area contributed by atoms with Gasteiger partial charge in [0, 0.05) is 13.1 Å². The summed E-state index contributed by atoms with van der Waals surface area (Å²) in [6.45, 7) is 0.943. The highest BCUT2D eigenvalue weighted by Crippen LogP contribution is 2.36. The number of amides is 2. The lowest BCUT2D eigenvalue weighted by Gasteiger charge is -2.39. The van der Waals surface area contributed by atoms with Crippen LogP contribution in [0.3, 0.4) is 0 Å². The van der Waals surface area contributed by atoms with Gasteiger partial charge in [-0.25, -0.2) is 4.79 Å². The Morgan fingerprint density at radius 3 is 2.26 bits per heavy atom. The number of urea groups is 1. The monoisotopic (exact) mass is 262 g/mol. The van der Waals surface area contributed by atoms with Crippen LogP contribution >= 0.6 is 0 Å². The molecule has 2 rings (SSSR count). The molecule has 2 N–H and O–H groups in total. The Kier molecular flexibility index (Phi) is 3.74. The molecule has 1 aliphatic rings. The Bertz CT molecular complexity index is 465. The van der Waals surface area contributed by atoms with Crippen LogP contribution in [0, 0.1) is 0 Å². The zero-order valence-corrected chi connectivity index (χ0v) is 11.0. The number of rotatable bonds is 2. The Morgan fingerprint density at radius 2 is 1.79 bits per heavy atom. The third kappa shape index (κ3) is 2.41. The number of carbonyl (C=O) groups excluding carboxylic acids is 2. The van der Waals surface area contributed by atoms with Gasteiger partial charge >= 0.3 is 12.0 Å². The Hall–Kier alpha value is -2.04. The molecule has 2 amide bonds. The van der Waals surface area contributed by atoms with Gasteiger partial charge in [0.2, 0.25) is 0 Å². The van der Waals surface area contributed by atoms with E-state index in [1.165, 1.54) is 7.11 Å². The maximum absolute atomic E-state index is 12.2. The molecule has 1 saturated heterocycles. The highest BCUT2D eigenvalue weighted by molar-refractivity contribution is 5.84. The van der Waals surface area contributed by atoms with Crippen molar-refractivity contribution in [3.8, 4) is 0 Å². The second kappa shape index (κ2) is 5.30. The first-order chi connectivity index (χ1) is 9.10. The minimum Gasteiger partial charge on any atom is -0.468 e. The van der Waals surface area contributed by atoms with E-state index in [-0.39, 0.29) is 5.97 Å². The van der Waals surface area contributed by atoms with Crippen molar-refractivity contribution in [3.63, 3.8) is 0 Å². The summed E-state index contributed by atoms with van der Waals surface area (Å²) in [5.41, 5.74) is 5.55. The van der Waals surface area contributed by atoms with Crippen molar-refractivity contribution in [1.29, 1.82) is 0 Å². The SMILES string of the molecule is COC(=O)C1(c2ccccc2)CCN(C(N)=O)CC1. The summed E-state index contributed by atoms with van der Waals surface area (Å²) in [4.78, 5) is 24.9. The van der Waals surface area contributed by atoms with Gasteiger partial charge in [-0.3, -0.25) is 4.79 Å². The summed E-state index contributed by atoms with van der Waals surface area (Å²) in [5, 5.41) is 0. The van der Waals surface area contributed by atoms with Gasteiger partial charge in [0.25, 0.3) is 0 Å². The first-order valence-corrected chi connectivity index (χ1v) is 6.28. The number of hydrogen-bond acceptors (Lipinski definition) is 3. The number of primary amides is 1. The summed E-state index contributed by atoms with van der Waals surface area (Å²) in [5.74, 6) is -0.247. The Balaban J connectivity index is 2.29. The average Bonchev–Trinajstić information content (AvgIpc) is 2.47. The molecule has 5 heteroatoms. The summed E-state index contributed by atoms with van der Waals surface area (Å²) in [6.07, 6.45) is 1.07. The maximum Gasteiger partial charge on any atom is 0.316 e. The number of methoxy groups -OCH3 is 1. The lowest BCUT2D eigenvalue weighted by Crippen LogP contribution is -2.50. The van der Waals surface area contributed by atoms with Crippen LogP contribution in [-0.4, -0.2) is 37.1 Å². The maximum atomic E-state index is 12.2. The van der Waals surface area contributed by atoms with E-state index in [0.29, 0.717) is 25.9 Å². The molecule has 0 bridgehead atoms. The number of ether oxygens (including phenoxy) is 1. The molecule has 0 unspecified atom stereocenters. The van der Waals surface area contributed by atoms with Crippen molar-refractivity contribution in [1.82, 2.24) is 4.90 Å². The standard InChI is InChI=1S/C14H18N2O3/c1-19-12(17)14(11-5-3-2-4-6-11)7-9-16(10-8-14)13(15)18/h2-6H,7-10H2,1H3,(H2,15,18). The van der Waals surface area contributed by atoms with Crippen LogP contribution in [0.4, 0.5) is 4.79 Å². The minimum absolute atomic E-state index is 0.247. The van der Waals surface area contributed by atoms with Gasteiger partial charge in [-0.2, -0.15) is 0 Å². The fourth-order valence-electron chi connectivity index (χ4n) is 2.67. The predicted molar refractivity (Wildman–Crippen MR) is 70.5 cm³/mol. The normalized spacial score (nSPS) is 17.8. The molecule has 102 valence electrons. The molecule has 0 radical (unpaired) electrons. The molecule has 0 atom stereocenters. The number of likely N-dealkylation sites (tertiary alicyclic amines) is 1. The van der Waals surface area contributed by atoms with Crippen LogP contribution in [0.15, 0.2) is 30.3 Å². The molecule has 1 heterocycles. The van der Waals surface area contributed by atoms with Crippen LogP contribution < -0.4 is 5.73 Å². The molecule has 0 aliphatic carbocycles. The van der Waals surface area contributed by atoms with E-state index in [0.717, 1.165) is 5.56 Å². The molecule has 0 spiro atoms. The third-order valence-corrected chi connectivity index (χ3v) is 3.83. The van der Waals surface area contributed by atoms with Crippen LogP contribution in [0.5, 0.6) is 0 Å². The van der Waals surface area contributed by atoms with Gasteiger partial charge < -0.3 is 15.4 Å². The van der Waals surface area contributed by atoms with Gasteiger partial charge in [-0.1, -0.05) is 30.3 Å². The van der Waals surface area contributed by atoms with E-state index in [9.17, 15) is 9.59 Å². The van der Waals surface area contributed by atoms with Gasteiger partial charge in [-0.05, 0) is 18.4 Å². The minimum atomic E-state index is -0.665. The largest absolute Gasteiger partial charge is 0.468 e. The van der Waals surface area contributed by atoms with E-state index < -0.39 is 11.4 Å². The second-order valence-corrected chi connectivity index (χ2v) is 4.76. The van der Waals surface area contributed by atoms with Crippen LogP contribution in [0.2, 0.25) is 0 Å². The number of hydrogen-bond donors (Lipinski definition) is 1. The zero-order valence-electron chi connectivity index (χ0n) is 11.0. The number of esters is 1. The average molecular weight is 262 g/mol. The molecule has 1 aliphatic heterocycles. The summed E-state index contributed by atoms with van der Waals surface area (Å²) in [7, 11) is 1.40. The van der Waals surface area contributed by atoms with E-state index in [4.69, 9.17) is 10.5 Å². The molecule has 1 aromatic carbocycles. The van der Waals surface area contributed by atoms with Crippen molar-refractivity contribution < 1.29 is 14.3 Å². The van der Waals surface area contributed by atoms with Crippen LogP contribution in [0.25, 0.3) is 0 Å². The fraction of sp³-hybridized carbons (Fsp3) is 0.429. The number of carbonyl (C=O) groups is 2. The topological polar surface area (TPSA) is 72.6 Å². The highest BCUT2D eigenvalue weighted by Gasteiger charge is 2.44. The summed E-state index contributed by atoms with van der Waals surface area (Å²) in [6, 6.07) is 9.13. The molecule has 0 saturated carbocycles. The smallest absolute Gasteiger partial charge is 0.316 e. The molecule has 5 nitrogen and oxygen atoms in total. The lowest BCUT2D eigenvalue weighted by atomic mass is 9.73. The fourth-order valence-corrected chi connectivity index (χ4v) is 2.67. The van der Waals surface area contributed by atoms with E-state index >= 15 is 0 Å². The first kappa shape index (κ1) is 13.4. The quantitative estimate of drug-likeness (QED) is 0.816. The third-order valence-electron chi connectivity index (χ3n) is 3.83. The molecule has 19 heavy (non-hydrogen) atoms. The van der Waals surface area contributed by atoms with Crippen LogP contribution in [0.1, 0.15) is 18.4 Å². The Morgan fingerprint density at radius 1 is 1.21 bits per heavy atom. The van der Waals surface area contributed by atoms with Crippen molar-refractivity contribution in [2.75, 3.05) is 20.2 Å². The molecular formula is C14H18N2O3. The van der Waals surface area contributed by atoms with Gasteiger partial charge in [0.15, 0.2) is 0 Å². The van der Waals surface area contributed by atoms with Gasteiger partial charge in [0.05, 0.1) is 12.5 Å². The number of piperidine rings is 1. The van der Waals surface area contributed by atoms with E-state index in [2.05, 4.69) is 0 Å². The zero-order chi connectivity index (χ0) is 13.9. The highest BCUT2D eigenvalue weighted by atomic mass is 16.5. The predicted octanol–water partition coefficient (Wildman–Crippen LogP) is 1.27. The van der Waals surface area contributed by atoms with Gasteiger partial charge in [0.1, 0.15) is 0 Å². The lowest BCUT2D eigenvalue weighted by molar-refractivity contribution is -0.149. The number of nitrogens with two attached hydrogens (primary N) is 1. The van der Waals surface area contributed by atoms with Gasteiger partial charge in [-0.15, -0.1) is 0 Å². The number of benzene rings is 1. The van der Waals surface area contributed by atoms with E-state index in [1.807, 2.05) is 30.3 Å². The number of nitrogens with zero attached hydrogens (tertiary/aromatic N) is 1. The summed E-state index contributed by atoms with van der Waals surface area (Å²) < 4.78 is 4.97. The molecule has 1 fully saturated rings. The first-order valence-electron chi connectivity index (χ1n) is 6.28. The van der Waals surface area contributed by atoms with Crippen LogP contribution in [-0.2, 0) is 14.9 Å². The van der Waals surface area contributed by atoms with E-state index in [1.54, 1.807) is 4.90 Å². The Labute approximate surface area is 112 Å². The molecule has 1 aromatic rings. The van der Waals surface area contributed by atoms with Crippen molar-refractivity contribution >= 4 is 12.0 Å².